The zero-order valence-corrected chi connectivity index (χ0v) is 20.1. The average Bonchev–Trinajstić information content (AvgIpc) is 2.72. The van der Waals surface area contributed by atoms with E-state index in [1.807, 2.05) is 0 Å². The Labute approximate surface area is 205 Å². The van der Waals surface area contributed by atoms with Crippen LogP contribution in [-0.4, -0.2) is 74.8 Å². The van der Waals surface area contributed by atoms with Crippen molar-refractivity contribution in [1.29, 1.82) is 0 Å². The highest BCUT2D eigenvalue weighted by Crippen LogP contribution is 2.52. The number of halogens is 1. The van der Waals surface area contributed by atoms with Gasteiger partial charge in [-0.05, 0) is 61.0 Å². The van der Waals surface area contributed by atoms with E-state index in [1.54, 1.807) is 22.6 Å². The number of aromatic hydroxyl groups is 1. The highest BCUT2D eigenvalue weighted by molar-refractivity contribution is 14.1. The molecule has 2 fully saturated rings. The molecular weight excluding hydrogens is 565 g/mol. The fraction of sp³-hybridized carbons (Fsp3) is 0.476. The number of likely N-dealkylation sites (N-methyl/N-ethyl adjacent to an activating group) is 1. The summed E-state index contributed by atoms with van der Waals surface area (Å²) in [7, 11) is 2.99. The van der Waals surface area contributed by atoms with Gasteiger partial charge in [0.15, 0.2) is 34.7 Å². The Kier molecular flexibility index (Phi) is 5.64. The van der Waals surface area contributed by atoms with Crippen molar-refractivity contribution in [3.05, 3.63) is 30.9 Å². The maximum absolute atomic E-state index is 13.6. The molecule has 0 spiro atoms. The molecule has 0 saturated heterocycles. The standard InChI is InChI=1S/C21H20IN3O9/c1-24(2)14-8-4-6-3-7-9(22)5-10(25(33)34)15(26)12(7)16(27)11(6)18(29)21(8,32)19(30)13(17(14)28)20(23)31/h5-6,8,11,13-14,26,32H,3-4H2,1-2H3,(H2,23,31)/t6-,8-,11?,13?,14-,21-/m0/s1. The minimum absolute atomic E-state index is 0.0513. The topological polar surface area (TPSA) is 198 Å². The average molecular weight is 585 g/mol. The van der Waals surface area contributed by atoms with E-state index in [4.69, 9.17) is 5.73 Å². The molecular formula is C21H20IN3O9. The third kappa shape index (κ3) is 3.06. The van der Waals surface area contributed by atoms with E-state index < -0.39 is 86.3 Å². The molecule has 1 aromatic rings. The molecule has 3 aliphatic rings. The molecule has 1 amide bonds. The highest BCUT2D eigenvalue weighted by atomic mass is 127. The number of nitrogens with two attached hydrogens (primary N) is 1. The first-order chi connectivity index (χ1) is 15.7. The van der Waals surface area contributed by atoms with Crippen molar-refractivity contribution < 1.29 is 39.1 Å². The van der Waals surface area contributed by atoms with Crippen LogP contribution < -0.4 is 5.73 Å². The third-order valence-corrected chi connectivity index (χ3v) is 8.15. The second-order valence-corrected chi connectivity index (χ2v) is 10.3. The number of phenolic OH excluding ortho intramolecular Hbond substituents is 1. The van der Waals surface area contributed by atoms with E-state index in [2.05, 4.69) is 0 Å². The number of nitrogens with zero attached hydrogens (tertiary/aromatic N) is 2. The summed E-state index contributed by atoms with van der Waals surface area (Å²) in [4.78, 5) is 77.0. The lowest BCUT2D eigenvalue weighted by atomic mass is 9.52. The molecule has 180 valence electrons. The van der Waals surface area contributed by atoms with Gasteiger partial charge in [0.2, 0.25) is 11.7 Å². The molecule has 1 aromatic carbocycles. The van der Waals surface area contributed by atoms with Crippen molar-refractivity contribution >= 4 is 57.3 Å². The lowest BCUT2D eigenvalue weighted by molar-refractivity contribution is -0.386. The summed E-state index contributed by atoms with van der Waals surface area (Å²) in [6.45, 7) is 0. The maximum Gasteiger partial charge on any atom is 0.312 e. The summed E-state index contributed by atoms with van der Waals surface area (Å²) in [6.07, 6.45) is -0.0343. The number of benzene rings is 1. The minimum Gasteiger partial charge on any atom is -0.502 e. The second kappa shape index (κ2) is 7.88. The first kappa shape index (κ1) is 24.3. The van der Waals surface area contributed by atoms with Crippen molar-refractivity contribution in [3.8, 4) is 5.75 Å². The molecule has 4 N–H and O–H groups in total. The molecule has 0 bridgehead atoms. The largest absolute Gasteiger partial charge is 0.502 e. The Hall–Kier alpha value is -2.78. The van der Waals surface area contributed by atoms with E-state index in [1.165, 1.54) is 19.0 Å². The van der Waals surface area contributed by atoms with Gasteiger partial charge in [0.05, 0.1) is 22.4 Å². The molecule has 2 unspecified atom stereocenters. The van der Waals surface area contributed by atoms with Crippen LogP contribution in [0.25, 0.3) is 0 Å². The fourth-order valence-corrected chi connectivity index (χ4v) is 6.54. The van der Waals surface area contributed by atoms with Gasteiger partial charge in [0.25, 0.3) is 0 Å². The van der Waals surface area contributed by atoms with Gasteiger partial charge in [-0.3, -0.25) is 39.0 Å². The van der Waals surface area contributed by atoms with Gasteiger partial charge in [-0.2, -0.15) is 0 Å². The number of primary amides is 1. The number of aliphatic hydroxyl groups is 1. The Bertz CT molecular complexity index is 1210. The number of amides is 1. The number of fused-ring (bicyclic) bond motifs is 3. The van der Waals surface area contributed by atoms with Gasteiger partial charge in [0.1, 0.15) is 0 Å². The molecule has 0 aromatic heterocycles. The molecule has 4 rings (SSSR count). The van der Waals surface area contributed by atoms with Crippen molar-refractivity contribution in [1.82, 2.24) is 4.90 Å². The van der Waals surface area contributed by atoms with Crippen molar-refractivity contribution in [3.63, 3.8) is 0 Å². The molecule has 34 heavy (non-hydrogen) atoms. The first-order valence-corrected chi connectivity index (χ1v) is 11.4. The van der Waals surface area contributed by atoms with E-state index in [0.29, 0.717) is 9.13 Å². The van der Waals surface area contributed by atoms with Gasteiger partial charge in [-0.15, -0.1) is 0 Å². The Morgan fingerprint density at radius 3 is 2.41 bits per heavy atom. The van der Waals surface area contributed by atoms with Gasteiger partial charge >= 0.3 is 5.69 Å². The zero-order valence-electron chi connectivity index (χ0n) is 18.0. The quantitative estimate of drug-likeness (QED) is 0.178. The monoisotopic (exact) mass is 585 g/mol. The Morgan fingerprint density at radius 1 is 1.26 bits per heavy atom. The van der Waals surface area contributed by atoms with Crippen LogP contribution in [0.3, 0.4) is 0 Å². The van der Waals surface area contributed by atoms with Crippen molar-refractivity contribution in [2.24, 2.45) is 29.4 Å². The fourth-order valence-electron chi connectivity index (χ4n) is 5.75. The minimum atomic E-state index is -2.83. The molecule has 6 atom stereocenters. The van der Waals surface area contributed by atoms with Gasteiger partial charge in [-0.1, -0.05) is 0 Å². The molecule has 0 aliphatic heterocycles. The van der Waals surface area contributed by atoms with E-state index >= 15 is 0 Å². The number of carbonyl (C=O) groups excluding carboxylic acids is 5. The van der Waals surface area contributed by atoms with Gasteiger partial charge < -0.3 is 15.9 Å². The molecule has 0 radical (unpaired) electrons. The summed E-state index contributed by atoms with van der Waals surface area (Å²) in [5.74, 6) is -12.2. The van der Waals surface area contributed by atoms with E-state index in [9.17, 15) is 44.3 Å². The van der Waals surface area contributed by atoms with Crippen LogP contribution in [0.2, 0.25) is 0 Å². The lowest BCUT2D eigenvalue weighted by Gasteiger charge is -2.52. The number of nitro groups is 1. The summed E-state index contributed by atoms with van der Waals surface area (Å²) >= 11 is 1.80. The maximum atomic E-state index is 13.6. The van der Waals surface area contributed by atoms with Crippen molar-refractivity contribution in [2.45, 2.75) is 24.5 Å². The number of hydrogen-bond donors (Lipinski definition) is 3. The molecule has 13 heteroatoms. The number of carbonyl (C=O) groups is 5. The Morgan fingerprint density at radius 2 is 1.88 bits per heavy atom. The van der Waals surface area contributed by atoms with Crippen LogP contribution in [0.5, 0.6) is 5.75 Å². The van der Waals surface area contributed by atoms with Gasteiger partial charge in [-0.25, -0.2) is 0 Å². The Balaban J connectivity index is 1.90. The molecule has 12 nitrogen and oxygen atoms in total. The van der Waals surface area contributed by atoms with Crippen LogP contribution in [0, 0.1) is 37.4 Å². The summed E-state index contributed by atoms with van der Waals surface area (Å²) in [5, 5.41) is 33.2. The van der Waals surface area contributed by atoms with Crippen LogP contribution in [0.4, 0.5) is 5.69 Å². The smallest absolute Gasteiger partial charge is 0.312 e. The molecule has 2 saturated carbocycles. The summed E-state index contributed by atoms with van der Waals surface area (Å²) in [5.41, 5.74) is 1.63. The van der Waals surface area contributed by atoms with Crippen LogP contribution in [0.1, 0.15) is 22.3 Å². The number of phenols is 1. The third-order valence-electron chi connectivity index (χ3n) is 7.18. The second-order valence-electron chi connectivity index (χ2n) is 9.13. The van der Waals surface area contributed by atoms with Gasteiger partial charge in [0, 0.05) is 15.6 Å². The number of rotatable bonds is 3. The number of hydrogen-bond acceptors (Lipinski definition) is 10. The number of Topliss-reactive ketones (excluding diaryl/α,β-unsaturated/α-hetero) is 4. The highest BCUT2D eigenvalue weighted by Gasteiger charge is 2.69. The van der Waals surface area contributed by atoms with Crippen LogP contribution in [0.15, 0.2) is 6.07 Å². The van der Waals surface area contributed by atoms with E-state index in [0.717, 1.165) is 6.07 Å². The predicted molar refractivity (Wildman–Crippen MR) is 121 cm³/mol. The predicted octanol–water partition coefficient (Wildman–Crippen LogP) is -0.620. The molecule has 0 heterocycles. The van der Waals surface area contributed by atoms with Crippen LogP contribution >= 0.6 is 22.6 Å². The number of nitro benzene ring substituents is 1. The SMILES string of the molecule is CN(C)[C@@H]1C(=O)C(C(N)=O)C(=O)[C@@]2(O)C(=O)C3C(=O)c4c(O)c([N+](=O)[O-])cc(I)c4C[C@H]3C[C@@H]12. The normalized spacial score (nSPS) is 32.8. The summed E-state index contributed by atoms with van der Waals surface area (Å²) < 4.78 is 0.339. The number of ketones is 4. The van der Waals surface area contributed by atoms with E-state index in [-0.39, 0.29) is 12.8 Å². The molecule has 3 aliphatic carbocycles. The van der Waals surface area contributed by atoms with Crippen LogP contribution in [-0.2, 0) is 25.6 Å². The van der Waals surface area contributed by atoms with Crippen molar-refractivity contribution in [2.75, 3.05) is 14.1 Å². The zero-order chi connectivity index (χ0) is 25.4. The lowest BCUT2D eigenvalue weighted by Crippen LogP contribution is -2.74. The first-order valence-electron chi connectivity index (χ1n) is 10.3. The summed E-state index contributed by atoms with van der Waals surface area (Å²) in [6, 6.07) is -0.0669.